The molecule has 2 rings (SSSR count). The molecule has 0 aromatic heterocycles. The van der Waals surface area contributed by atoms with Crippen LogP contribution in [0.15, 0.2) is 23.2 Å². The van der Waals surface area contributed by atoms with Gasteiger partial charge in [-0.15, -0.1) is 0 Å². The molecule has 0 saturated heterocycles. The summed E-state index contributed by atoms with van der Waals surface area (Å²) < 4.78 is 0. The maximum absolute atomic E-state index is 5.83. The molecule has 2 heteroatoms. The summed E-state index contributed by atoms with van der Waals surface area (Å²) in [6.07, 6.45) is 2.29. The van der Waals surface area contributed by atoms with Gasteiger partial charge in [-0.25, -0.2) is 0 Å². The number of hydrogen-bond acceptors (Lipinski definition) is 2. The van der Waals surface area contributed by atoms with E-state index < -0.39 is 0 Å². The summed E-state index contributed by atoms with van der Waals surface area (Å²) in [4.78, 5) is 4.47. The molecule has 68 valence electrons. The predicted octanol–water partition coefficient (Wildman–Crippen LogP) is 2.16. The van der Waals surface area contributed by atoms with E-state index in [4.69, 9.17) is 5.73 Å². The molecule has 0 fully saturated rings. The van der Waals surface area contributed by atoms with E-state index in [-0.39, 0.29) is 0 Å². The lowest BCUT2D eigenvalue weighted by molar-refractivity contribution is 0.951. The van der Waals surface area contributed by atoms with Crippen molar-refractivity contribution >= 4 is 11.4 Å². The van der Waals surface area contributed by atoms with Gasteiger partial charge in [-0.05, 0) is 31.4 Å². The minimum absolute atomic E-state index is 0.868. The second kappa shape index (κ2) is 3.21. The van der Waals surface area contributed by atoms with Crippen molar-refractivity contribution in [2.45, 2.75) is 19.8 Å². The summed E-state index contributed by atoms with van der Waals surface area (Å²) in [7, 11) is 0. The second-order valence-electron chi connectivity index (χ2n) is 3.45. The Kier molecular flexibility index (Phi) is 2.05. The molecule has 1 aromatic rings. The summed E-state index contributed by atoms with van der Waals surface area (Å²) in [5.74, 6) is 0. The van der Waals surface area contributed by atoms with E-state index in [9.17, 15) is 0 Å². The summed E-state index contributed by atoms with van der Waals surface area (Å²) in [5.41, 5.74) is 10.3. The molecule has 0 bridgehead atoms. The van der Waals surface area contributed by atoms with Crippen LogP contribution in [0.1, 0.15) is 24.0 Å². The molecule has 13 heavy (non-hydrogen) atoms. The average Bonchev–Trinajstić information content (AvgIpc) is 2.62. The van der Waals surface area contributed by atoms with Gasteiger partial charge in [-0.2, -0.15) is 0 Å². The summed E-state index contributed by atoms with van der Waals surface area (Å²) in [5, 5.41) is 0. The van der Waals surface area contributed by atoms with Crippen molar-refractivity contribution in [3.05, 3.63) is 29.3 Å². The quantitative estimate of drug-likeness (QED) is 0.651. The maximum Gasteiger partial charge on any atom is 0.0424 e. The van der Waals surface area contributed by atoms with Gasteiger partial charge in [0.05, 0.1) is 0 Å². The lowest BCUT2D eigenvalue weighted by Gasteiger charge is -2.07. The monoisotopic (exact) mass is 174 g/mol. The number of rotatable bonds is 1. The Bertz CT molecular complexity index is 353. The van der Waals surface area contributed by atoms with Crippen LogP contribution in [0.3, 0.4) is 0 Å². The number of nitrogens with two attached hydrogens (primary N) is 1. The van der Waals surface area contributed by atoms with Gasteiger partial charge < -0.3 is 5.73 Å². The highest BCUT2D eigenvalue weighted by Gasteiger charge is 2.11. The number of nitrogen functional groups attached to an aromatic ring is 1. The Balaban J connectivity index is 2.45. The Hall–Kier alpha value is -1.31. The number of benzene rings is 1. The molecule has 2 N–H and O–H groups in total. The number of hydrogen-bond donors (Lipinski definition) is 1. The van der Waals surface area contributed by atoms with E-state index in [1.54, 1.807) is 0 Å². The van der Waals surface area contributed by atoms with Crippen LogP contribution in [0.4, 0.5) is 5.69 Å². The maximum atomic E-state index is 5.83. The van der Waals surface area contributed by atoms with Crippen LogP contribution in [0, 0.1) is 6.92 Å². The topological polar surface area (TPSA) is 38.4 Å². The third-order valence-corrected chi connectivity index (χ3v) is 2.56. The number of nitrogens with zero attached hydrogens (tertiary/aromatic N) is 1. The van der Waals surface area contributed by atoms with E-state index in [0.717, 1.165) is 18.7 Å². The fraction of sp³-hybridized carbons (Fsp3) is 0.364. The smallest absolute Gasteiger partial charge is 0.0424 e. The largest absolute Gasteiger partial charge is 0.398 e. The van der Waals surface area contributed by atoms with Gasteiger partial charge in [0.25, 0.3) is 0 Å². The van der Waals surface area contributed by atoms with Crippen molar-refractivity contribution in [2.75, 3.05) is 12.3 Å². The minimum atomic E-state index is 0.868. The number of aliphatic imine (C=N–C) groups is 1. The average molecular weight is 174 g/mol. The van der Waals surface area contributed by atoms with Gasteiger partial charge in [0.1, 0.15) is 0 Å². The highest BCUT2D eigenvalue weighted by molar-refractivity contribution is 6.03. The molecule has 0 radical (unpaired) electrons. The summed E-state index contributed by atoms with van der Waals surface area (Å²) in [6.45, 7) is 3.04. The van der Waals surface area contributed by atoms with E-state index in [1.807, 2.05) is 12.1 Å². The molecule has 1 aliphatic rings. The van der Waals surface area contributed by atoms with E-state index in [0.29, 0.717) is 0 Å². The van der Waals surface area contributed by atoms with Crippen LogP contribution < -0.4 is 5.73 Å². The molecular formula is C11H14N2. The van der Waals surface area contributed by atoms with E-state index in [2.05, 4.69) is 18.0 Å². The van der Waals surface area contributed by atoms with Crippen molar-refractivity contribution < 1.29 is 0 Å². The lowest BCUT2D eigenvalue weighted by atomic mass is 10.0. The van der Waals surface area contributed by atoms with Crippen LogP contribution in [0.2, 0.25) is 0 Å². The second-order valence-corrected chi connectivity index (χ2v) is 3.45. The van der Waals surface area contributed by atoms with Crippen molar-refractivity contribution in [3.8, 4) is 0 Å². The van der Waals surface area contributed by atoms with Gasteiger partial charge in [0.2, 0.25) is 0 Å². The third kappa shape index (κ3) is 1.44. The lowest BCUT2D eigenvalue weighted by Crippen LogP contribution is -2.01. The van der Waals surface area contributed by atoms with Crippen molar-refractivity contribution in [2.24, 2.45) is 4.99 Å². The fourth-order valence-corrected chi connectivity index (χ4v) is 1.73. The first-order chi connectivity index (χ1) is 6.29. The van der Waals surface area contributed by atoms with Crippen LogP contribution in [-0.2, 0) is 0 Å². The minimum Gasteiger partial charge on any atom is -0.398 e. The van der Waals surface area contributed by atoms with Gasteiger partial charge in [-0.3, -0.25) is 4.99 Å². The molecule has 1 aromatic carbocycles. The van der Waals surface area contributed by atoms with Gasteiger partial charge in [-0.1, -0.05) is 12.1 Å². The molecule has 0 amide bonds. The highest BCUT2D eigenvalue weighted by Crippen LogP contribution is 2.20. The summed E-state index contributed by atoms with van der Waals surface area (Å²) in [6, 6.07) is 6.04. The van der Waals surface area contributed by atoms with E-state index in [1.165, 1.54) is 23.3 Å². The van der Waals surface area contributed by atoms with Gasteiger partial charge in [0.15, 0.2) is 0 Å². The Morgan fingerprint density at radius 2 is 2.23 bits per heavy atom. The van der Waals surface area contributed by atoms with Crippen LogP contribution in [-0.4, -0.2) is 12.3 Å². The predicted molar refractivity (Wildman–Crippen MR) is 56.2 cm³/mol. The number of anilines is 1. The molecule has 0 aliphatic carbocycles. The molecule has 0 unspecified atom stereocenters. The van der Waals surface area contributed by atoms with E-state index >= 15 is 0 Å². The first-order valence-corrected chi connectivity index (χ1v) is 4.68. The normalized spacial score (nSPS) is 15.9. The van der Waals surface area contributed by atoms with Crippen LogP contribution >= 0.6 is 0 Å². The van der Waals surface area contributed by atoms with Crippen LogP contribution in [0.5, 0.6) is 0 Å². The Labute approximate surface area is 78.5 Å². The highest BCUT2D eigenvalue weighted by atomic mass is 14.8. The van der Waals surface area contributed by atoms with Crippen molar-refractivity contribution in [3.63, 3.8) is 0 Å². The summed E-state index contributed by atoms with van der Waals surface area (Å²) >= 11 is 0. The first-order valence-electron chi connectivity index (χ1n) is 4.68. The molecular weight excluding hydrogens is 160 g/mol. The SMILES string of the molecule is Cc1c(N)cccc1C1=NCCC1. The molecule has 1 aliphatic heterocycles. The zero-order valence-corrected chi connectivity index (χ0v) is 7.88. The Morgan fingerprint density at radius 3 is 2.92 bits per heavy atom. The fourth-order valence-electron chi connectivity index (χ4n) is 1.73. The van der Waals surface area contributed by atoms with Gasteiger partial charge >= 0.3 is 0 Å². The standard InChI is InChI=1S/C11H14N2/c1-8-9(4-2-5-10(8)12)11-6-3-7-13-11/h2,4-5H,3,6-7,12H2,1H3. The molecule has 2 nitrogen and oxygen atoms in total. The van der Waals surface area contributed by atoms with Crippen LogP contribution in [0.25, 0.3) is 0 Å². The van der Waals surface area contributed by atoms with Crippen molar-refractivity contribution in [1.82, 2.24) is 0 Å². The molecule has 0 atom stereocenters. The van der Waals surface area contributed by atoms with Gasteiger partial charge in [0, 0.05) is 23.5 Å². The molecule has 0 spiro atoms. The zero-order valence-electron chi connectivity index (χ0n) is 7.88. The molecule has 1 heterocycles. The zero-order chi connectivity index (χ0) is 9.26. The molecule has 0 saturated carbocycles. The first kappa shape index (κ1) is 8.30. The van der Waals surface area contributed by atoms with Crippen molar-refractivity contribution in [1.29, 1.82) is 0 Å². The third-order valence-electron chi connectivity index (χ3n) is 2.56. The Morgan fingerprint density at radius 1 is 1.38 bits per heavy atom.